The van der Waals surface area contributed by atoms with Crippen molar-refractivity contribution in [2.75, 3.05) is 5.32 Å². The second-order valence-corrected chi connectivity index (χ2v) is 10.3. The van der Waals surface area contributed by atoms with Crippen LogP contribution in [0, 0.1) is 0 Å². The zero-order valence-electron chi connectivity index (χ0n) is 18.7. The van der Waals surface area contributed by atoms with Crippen molar-refractivity contribution < 1.29 is 9.59 Å². The highest BCUT2D eigenvalue weighted by Gasteiger charge is 2.19. The topological polar surface area (TPSA) is 90.0 Å². The normalized spacial score (nSPS) is 11.6. The van der Waals surface area contributed by atoms with E-state index in [-0.39, 0.29) is 17.7 Å². The molecule has 33 heavy (non-hydrogen) atoms. The smallest absolute Gasteiger partial charge is 0.249 e. The van der Waals surface area contributed by atoms with Gasteiger partial charge in [0, 0.05) is 45.0 Å². The monoisotopic (exact) mass is 480 g/mol. The summed E-state index contributed by atoms with van der Waals surface area (Å²) in [7, 11) is 0. The summed E-state index contributed by atoms with van der Waals surface area (Å²) in [5, 5.41) is 6.95. The van der Waals surface area contributed by atoms with E-state index in [2.05, 4.69) is 31.1 Å². The van der Waals surface area contributed by atoms with Crippen molar-refractivity contribution in [3.8, 4) is 0 Å². The Morgan fingerprint density at radius 2 is 1.91 bits per heavy atom. The highest BCUT2D eigenvalue weighted by atomic mass is 35.5. The van der Waals surface area contributed by atoms with Gasteiger partial charge in [0.05, 0.1) is 12.1 Å². The lowest BCUT2D eigenvalue weighted by Gasteiger charge is -2.14. The first-order valence-electron chi connectivity index (χ1n) is 10.5. The van der Waals surface area contributed by atoms with Crippen LogP contribution < -0.4 is 11.1 Å². The molecule has 2 amide bonds. The third-order valence-corrected chi connectivity index (χ3v) is 6.41. The molecule has 0 saturated carbocycles. The van der Waals surface area contributed by atoms with Crippen LogP contribution in [0.3, 0.4) is 0 Å². The number of nitrogens with one attached hydrogen (secondary N) is 1. The van der Waals surface area contributed by atoms with Crippen molar-refractivity contribution in [2.24, 2.45) is 5.73 Å². The Morgan fingerprint density at radius 3 is 2.61 bits per heavy atom. The van der Waals surface area contributed by atoms with Crippen molar-refractivity contribution in [2.45, 2.75) is 39.2 Å². The maximum absolute atomic E-state index is 12.8. The number of amides is 2. The quantitative estimate of drug-likeness (QED) is 0.388. The van der Waals surface area contributed by atoms with Gasteiger partial charge in [-0.05, 0) is 35.4 Å². The third-order valence-electron chi connectivity index (χ3n) is 5.42. The van der Waals surface area contributed by atoms with E-state index >= 15 is 0 Å². The summed E-state index contributed by atoms with van der Waals surface area (Å²) < 4.78 is 2.01. The van der Waals surface area contributed by atoms with Gasteiger partial charge in [0.25, 0.3) is 0 Å². The zero-order valence-corrected chi connectivity index (χ0v) is 20.3. The van der Waals surface area contributed by atoms with E-state index in [1.54, 1.807) is 12.1 Å². The number of halogens is 1. The fraction of sp³-hybridized carbons (Fsp3) is 0.240. The molecule has 3 N–H and O–H groups in total. The molecule has 0 radical (unpaired) electrons. The lowest BCUT2D eigenvalue weighted by atomic mass is 9.93. The van der Waals surface area contributed by atoms with Crippen LogP contribution in [-0.2, 0) is 23.2 Å². The minimum Gasteiger partial charge on any atom is -0.366 e. The van der Waals surface area contributed by atoms with Gasteiger partial charge in [0.1, 0.15) is 0 Å². The number of nitrogens with zero attached hydrogens (tertiary/aromatic N) is 2. The molecule has 4 rings (SSSR count). The van der Waals surface area contributed by atoms with E-state index in [0.29, 0.717) is 22.3 Å². The Hall–Kier alpha value is -3.16. The molecule has 0 spiro atoms. The first-order valence-corrected chi connectivity index (χ1v) is 11.8. The first-order chi connectivity index (χ1) is 15.6. The molecule has 2 heterocycles. The molecule has 0 aliphatic carbocycles. The number of carbonyl (C=O) groups is 2. The van der Waals surface area contributed by atoms with Gasteiger partial charge in [-0.3, -0.25) is 9.59 Å². The van der Waals surface area contributed by atoms with Crippen LogP contribution in [-0.4, -0.2) is 21.4 Å². The fourth-order valence-corrected chi connectivity index (χ4v) is 4.83. The Bertz CT molecular complexity index is 1350. The van der Waals surface area contributed by atoms with Crippen molar-refractivity contribution >= 4 is 50.8 Å². The molecule has 170 valence electrons. The Morgan fingerprint density at radius 1 is 1.15 bits per heavy atom. The molecule has 0 atom stereocenters. The van der Waals surface area contributed by atoms with E-state index in [4.69, 9.17) is 17.3 Å². The molecule has 8 heteroatoms. The minimum absolute atomic E-state index is 0.0785. The molecule has 2 aromatic heterocycles. The van der Waals surface area contributed by atoms with Gasteiger partial charge < -0.3 is 15.6 Å². The van der Waals surface area contributed by atoms with Crippen LogP contribution in [0.15, 0.2) is 54.0 Å². The van der Waals surface area contributed by atoms with Crippen LogP contribution in [0.2, 0.25) is 5.02 Å². The van der Waals surface area contributed by atoms with Crippen LogP contribution in [0.4, 0.5) is 5.13 Å². The number of benzene rings is 2. The Labute approximate surface area is 201 Å². The number of hydrogen-bond acceptors (Lipinski definition) is 4. The number of aromatic nitrogens is 2. The Kier molecular flexibility index (Phi) is 6.28. The largest absolute Gasteiger partial charge is 0.366 e. The molecule has 6 nitrogen and oxygen atoms in total. The summed E-state index contributed by atoms with van der Waals surface area (Å²) in [5.74, 6) is -0.621. The molecule has 2 aromatic carbocycles. The summed E-state index contributed by atoms with van der Waals surface area (Å²) in [4.78, 5) is 29.2. The van der Waals surface area contributed by atoms with Crippen LogP contribution in [0.5, 0.6) is 0 Å². The molecule has 0 aliphatic heterocycles. The van der Waals surface area contributed by atoms with Gasteiger partial charge in [0.2, 0.25) is 11.8 Å². The fourth-order valence-electron chi connectivity index (χ4n) is 3.71. The molecule has 0 bridgehead atoms. The average molecular weight is 481 g/mol. The van der Waals surface area contributed by atoms with E-state index in [1.807, 2.05) is 46.5 Å². The van der Waals surface area contributed by atoms with Crippen molar-refractivity contribution in [3.05, 3.63) is 81.4 Å². The highest BCUT2D eigenvalue weighted by Crippen LogP contribution is 2.29. The van der Waals surface area contributed by atoms with E-state index < -0.39 is 5.91 Å². The number of thiazole rings is 1. The van der Waals surface area contributed by atoms with E-state index in [1.165, 1.54) is 11.3 Å². The molecular formula is C25H25ClN4O2S. The van der Waals surface area contributed by atoms with Crippen LogP contribution in [0.25, 0.3) is 10.9 Å². The average Bonchev–Trinajstić information content (AvgIpc) is 3.33. The molecule has 0 aliphatic rings. The van der Waals surface area contributed by atoms with Gasteiger partial charge in [-0.1, -0.05) is 50.6 Å². The summed E-state index contributed by atoms with van der Waals surface area (Å²) in [6.07, 6.45) is 2.10. The number of carbonyl (C=O) groups excluding carboxylic acids is 2. The summed E-state index contributed by atoms with van der Waals surface area (Å²) in [6.45, 7) is 6.70. The maximum atomic E-state index is 12.8. The molecule has 4 aromatic rings. The lowest BCUT2D eigenvalue weighted by molar-refractivity contribution is -0.115. The van der Waals surface area contributed by atoms with Crippen molar-refractivity contribution in [1.82, 2.24) is 9.55 Å². The van der Waals surface area contributed by atoms with Gasteiger partial charge >= 0.3 is 0 Å². The SMILES string of the molecule is CC(C)(C)c1csc(NC(=O)Cc2cn(Cc3ccccc3C(N)=O)c3ccc(Cl)cc23)n1. The number of nitrogens with two attached hydrogens (primary N) is 1. The van der Waals surface area contributed by atoms with E-state index in [9.17, 15) is 9.59 Å². The second kappa shape index (κ2) is 9.00. The first kappa shape index (κ1) is 23.0. The molecule has 0 fully saturated rings. The van der Waals surface area contributed by atoms with Gasteiger partial charge in [-0.15, -0.1) is 11.3 Å². The van der Waals surface area contributed by atoms with Crippen LogP contribution >= 0.6 is 22.9 Å². The van der Waals surface area contributed by atoms with Gasteiger partial charge in [0.15, 0.2) is 5.13 Å². The summed E-state index contributed by atoms with van der Waals surface area (Å²) in [6, 6.07) is 12.8. The van der Waals surface area contributed by atoms with Gasteiger partial charge in [-0.2, -0.15) is 0 Å². The number of hydrogen-bond donors (Lipinski definition) is 2. The maximum Gasteiger partial charge on any atom is 0.249 e. The highest BCUT2D eigenvalue weighted by molar-refractivity contribution is 7.13. The predicted octanol–water partition coefficient (Wildman–Crippen LogP) is 5.38. The number of anilines is 1. The minimum atomic E-state index is -0.470. The molecular weight excluding hydrogens is 456 g/mol. The zero-order chi connectivity index (χ0) is 23.8. The molecule has 0 unspecified atom stereocenters. The van der Waals surface area contributed by atoms with Gasteiger partial charge in [-0.25, -0.2) is 4.98 Å². The van der Waals surface area contributed by atoms with Crippen LogP contribution in [0.1, 0.15) is 48.0 Å². The predicted molar refractivity (Wildman–Crippen MR) is 134 cm³/mol. The summed E-state index contributed by atoms with van der Waals surface area (Å²) >= 11 is 7.68. The number of rotatable bonds is 6. The van der Waals surface area contributed by atoms with Crippen molar-refractivity contribution in [3.63, 3.8) is 0 Å². The van der Waals surface area contributed by atoms with E-state index in [0.717, 1.165) is 27.7 Å². The lowest BCUT2D eigenvalue weighted by Crippen LogP contribution is -2.16. The second-order valence-electron chi connectivity index (χ2n) is 8.98. The van der Waals surface area contributed by atoms with Crippen molar-refractivity contribution in [1.29, 1.82) is 0 Å². The molecule has 0 saturated heterocycles. The standard InChI is InChI=1S/C25H25ClN4O2S/c1-25(2,3)21-14-33-24(28-21)29-22(31)10-16-13-30(20-9-8-17(26)11-19(16)20)12-15-6-4-5-7-18(15)23(27)32/h4-9,11,13-14H,10,12H2,1-3H3,(H2,27,32)(H,28,29,31). The third kappa shape index (κ3) is 5.10. The Balaban J connectivity index is 1.62. The summed E-state index contributed by atoms with van der Waals surface area (Å²) in [5.41, 5.74) is 9.47. The number of primary amides is 1. The number of fused-ring (bicyclic) bond motifs is 1.